The number of esters is 1. The van der Waals surface area contributed by atoms with Crippen LogP contribution in [0.4, 0.5) is 0 Å². The fraction of sp³-hybridized carbons (Fsp3) is 0.667. The van der Waals surface area contributed by atoms with Gasteiger partial charge in [0.1, 0.15) is 18.7 Å². The van der Waals surface area contributed by atoms with E-state index in [1.165, 1.54) is 13.4 Å². The van der Waals surface area contributed by atoms with Crippen LogP contribution >= 0.6 is 0 Å². The van der Waals surface area contributed by atoms with Crippen molar-refractivity contribution in [3.63, 3.8) is 0 Å². The maximum Gasteiger partial charge on any atom is 0.324 e. The van der Waals surface area contributed by atoms with Crippen LogP contribution in [-0.4, -0.2) is 40.4 Å². The highest BCUT2D eigenvalue weighted by Crippen LogP contribution is 1.93. The summed E-state index contributed by atoms with van der Waals surface area (Å²) in [6, 6.07) is -0.364. The number of hydrogen-bond acceptors (Lipinski definition) is 5. The fourth-order valence-electron chi connectivity index (χ4n) is 1.20. The normalized spacial score (nSPS) is 12.4. The van der Waals surface area contributed by atoms with Gasteiger partial charge in [-0.15, -0.1) is 0 Å². The summed E-state index contributed by atoms with van der Waals surface area (Å²) in [5.41, 5.74) is 0. The molecule has 0 fully saturated rings. The molecule has 1 N–H and O–H groups in total. The first kappa shape index (κ1) is 11.6. The van der Waals surface area contributed by atoms with Gasteiger partial charge < -0.3 is 10.1 Å². The number of carbonyl (C=O) groups excluding carboxylic acids is 1. The summed E-state index contributed by atoms with van der Waals surface area (Å²) in [5, 5.41) is 7.03. The molecule has 0 aliphatic carbocycles. The van der Waals surface area contributed by atoms with E-state index >= 15 is 0 Å². The molecule has 1 heterocycles. The molecule has 1 unspecified atom stereocenters. The van der Waals surface area contributed by atoms with E-state index in [0.717, 1.165) is 13.0 Å². The third-order valence-electron chi connectivity index (χ3n) is 1.96. The van der Waals surface area contributed by atoms with Gasteiger partial charge in [0.2, 0.25) is 0 Å². The second-order valence-corrected chi connectivity index (χ2v) is 3.15. The first-order valence-corrected chi connectivity index (χ1v) is 4.91. The summed E-state index contributed by atoms with van der Waals surface area (Å²) in [6.07, 6.45) is 3.97. The average Bonchev–Trinajstić information content (AvgIpc) is 2.75. The van der Waals surface area contributed by atoms with Crippen molar-refractivity contribution in [1.29, 1.82) is 0 Å². The van der Waals surface area contributed by atoms with Crippen molar-refractivity contribution in [3.8, 4) is 0 Å². The highest BCUT2D eigenvalue weighted by atomic mass is 16.5. The number of aromatic nitrogens is 3. The first-order chi connectivity index (χ1) is 7.27. The molecule has 0 aliphatic heterocycles. The van der Waals surface area contributed by atoms with Crippen LogP contribution < -0.4 is 5.32 Å². The molecular formula is C9H16N4O2. The second kappa shape index (κ2) is 6.13. The average molecular weight is 212 g/mol. The maximum absolute atomic E-state index is 11.4. The second-order valence-electron chi connectivity index (χ2n) is 3.15. The summed E-state index contributed by atoms with van der Waals surface area (Å²) < 4.78 is 6.30. The van der Waals surface area contributed by atoms with E-state index in [1.54, 1.807) is 11.0 Å². The molecule has 0 amide bonds. The monoisotopic (exact) mass is 212 g/mol. The molecule has 0 radical (unpaired) electrons. The van der Waals surface area contributed by atoms with E-state index in [2.05, 4.69) is 15.4 Å². The molecular weight excluding hydrogens is 196 g/mol. The largest absolute Gasteiger partial charge is 0.468 e. The van der Waals surface area contributed by atoms with Gasteiger partial charge in [-0.1, -0.05) is 6.92 Å². The van der Waals surface area contributed by atoms with Crippen molar-refractivity contribution < 1.29 is 9.53 Å². The van der Waals surface area contributed by atoms with Gasteiger partial charge in [0, 0.05) is 0 Å². The lowest BCUT2D eigenvalue weighted by Crippen LogP contribution is -2.41. The fourth-order valence-corrected chi connectivity index (χ4v) is 1.20. The number of ether oxygens (including phenoxy) is 1. The van der Waals surface area contributed by atoms with E-state index in [9.17, 15) is 4.79 Å². The first-order valence-electron chi connectivity index (χ1n) is 4.91. The Labute approximate surface area is 88.6 Å². The summed E-state index contributed by atoms with van der Waals surface area (Å²) in [5.74, 6) is -0.279. The number of nitrogens with one attached hydrogen (secondary N) is 1. The predicted octanol–water partition coefficient (Wildman–Crippen LogP) is -0.181. The number of carbonyl (C=O) groups is 1. The van der Waals surface area contributed by atoms with Gasteiger partial charge in [-0.05, 0) is 13.0 Å². The van der Waals surface area contributed by atoms with E-state index in [1.807, 2.05) is 6.92 Å². The number of hydrogen-bond donors (Lipinski definition) is 1. The lowest BCUT2D eigenvalue weighted by molar-refractivity contribution is -0.143. The highest BCUT2D eigenvalue weighted by molar-refractivity contribution is 5.75. The topological polar surface area (TPSA) is 69.0 Å². The molecule has 1 aromatic heterocycles. The minimum atomic E-state index is -0.364. The molecule has 0 spiro atoms. The van der Waals surface area contributed by atoms with Gasteiger partial charge >= 0.3 is 5.97 Å². The Hall–Kier alpha value is -1.43. The molecule has 0 saturated carbocycles. The lowest BCUT2D eigenvalue weighted by atomic mass is 10.3. The number of nitrogens with zero attached hydrogens (tertiary/aromatic N) is 3. The maximum atomic E-state index is 11.4. The van der Waals surface area contributed by atoms with Crippen LogP contribution in [0, 0.1) is 0 Å². The molecule has 6 nitrogen and oxygen atoms in total. The Morgan fingerprint density at radius 3 is 3.00 bits per heavy atom. The quantitative estimate of drug-likeness (QED) is 0.662. The zero-order valence-electron chi connectivity index (χ0n) is 9.01. The van der Waals surface area contributed by atoms with Gasteiger partial charge in [0.25, 0.3) is 0 Å². The van der Waals surface area contributed by atoms with Crippen molar-refractivity contribution in [3.05, 3.63) is 12.7 Å². The van der Waals surface area contributed by atoms with E-state index in [-0.39, 0.29) is 12.0 Å². The Morgan fingerprint density at radius 1 is 1.67 bits per heavy atom. The van der Waals surface area contributed by atoms with Crippen LogP contribution in [0.5, 0.6) is 0 Å². The molecule has 0 aromatic carbocycles. The van der Waals surface area contributed by atoms with Gasteiger partial charge in [-0.25, -0.2) is 4.98 Å². The zero-order valence-corrected chi connectivity index (χ0v) is 9.01. The predicted molar refractivity (Wildman–Crippen MR) is 54.1 cm³/mol. The molecule has 1 rings (SSSR count). The minimum Gasteiger partial charge on any atom is -0.468 e. The lowest BCUT2D eigenvalue weighted by Gasteiger charge is -2.15. The molecule has 1 aromatic rings. The van der Waals surface area contributed by atoms with E-state index in [0.29, 0.717) is 6.54 Å². The number of rotatable bonds is 6. The van der Waals surface area contributed by atoms with Gasteiger partial charge in [0.05, 0.1) is 13.7 Å². The standard InChI is InChI=1S/C9H16N4O2/c1-3-4-11-8(9(14)15-2)5-13-7-10-6-12-13/h6-8,11H,3-5H2,1-2H3. The Kier molecular flexibility index (Phi) is 4.76. The third kappa shape index (κ3) is 3.67. The van der Waals surface area contributed by atoms with Crippen molar-refractivity contribution in [1.82, 2.24) is 20.1 Å². The van der Waals surface area contributed by atoms with Crippen LogP contribution in [0.3, 0.4) is 0 Å². The number of methoxy groups -OCH3 is 1. The Balaban J connectivity index is 2.52. The van der Waals surface area contributed by atoms with Gasteiger partial charge in [-0.3, -0.25) is 9.48 Å². The van der Waals surface area contributed by atoms with Crippen LogP contribution in [0.15, 0.2) is 12.7 Å². The Bertz CT molecular complexity index is 286. The molecule has 6 heteroatoms. The van der Waals surface area contributed by atoms with Crippen molar-refractivity contribution >= 4 is 5.97 Å². The molecule has 0 bridgehead atoms. The highest BCUT2D eigenvalue weighted by Gasteiger charge is 2.18. The summed E-state index contributed by atoms with van der Waals surface area (Å²) in [7, 11) is 1.38. The molecule has 0 saturated heterocycles. The van der Waals surface area contributed by atoms with Crippen LogP contribution in [-0.2, 0) is 16.1 Å². The molecule has 15 heavy (non-hydrogen) atoms. The van der Waals surface area contributed by atoms with Crippen molar-refractivity contribution in [2.75, 3.05) is 13.7 Å². The smallest absolute Gasteiger partial charge is 0.324 e. The van der Waals surface area contributed by atoms with E-state index < -0.39 is 0 Å². The zero-order chi connectivity index (χ0) is 11.1. The molecule has 84 valence electrons. The van der Waals surface area contributed by atoms with E-state index in [4.69, 9.17) is 4.74 Å². The summed E-state index contributed by atoms with van der Waals surface area (Å²) in [4.78, 5) is 15.2. The minimum absolute atomic E-state index is 0.279. The van der Waals surface area contributed by atoms with Crippen molar-refractivity contribution in [2.24, 2.45) is 0 Å². The summed E-state index contributed by atoms with van der Waals surface area (Å²) >= 11 is 0. The van der Waals surface area contributed by atoms with Crippen molar-refractivity contribution in [2.45, 2.75) is 25.9 Å². The third-order valence-corrected chi connectivity index (χ3v) is 1.96. The summed E-state index contributed by atoms with van der Waals surface area (Å²) in [6.45, 7) is 3.25. The van der Waals surface area contributed by atoms with Crippen LogP contribution in [0.25, 0.3) is 0 Å². The van der Waals surface area contributed by atoms with Gasteiger partial charge in [-0.2, -0.15) is 5.10 Å². The SMILES string of the molecule is CCCNC(Cn1cncn1)C(=O)OC. The van der Waals surface area contributed by atoms with Gasteiger partial charge in [0.15, 0.2) is 0 Å². The van der Waals surface area contributed by atoms with Crippen LogP contribution in [0.2, 0.25) is 0 Å². The molecule has 1 atom stereocenters. The Morgan fingerprint density at radius 2 is 2.47 bits per heavy atom. The van der Waals surface area contributed by atoms with Crippen LogP contribution in [0.1, 0.15) is 13.3 Å². The molecule has 0 aliphatic rings.